The number of ether oxygens (including phenoxy) is 5. The minimum absolute atomic E-state index is 0.270. The van der Waals surface area contributed by atoms with Crippen LogP contribution in [0, 0.1) is 0 Å². The molecule has 0 saturated carbocycles. The normalized spacial score (nSPS) is 17.4. The van der Waals surface area contributed by atoms with Crippen LogP contribution in [0.4, 0.5) is 0 Å². The Labute approximate surface area is 107 Å². The van der Waals surface area contributed by atoms with Gasteiger partial charge in [-0.1, -0.05) is 0 Å². The van der Waals surface area contributed by atoms with E-state index >= 15 is 0 Å². The van der Waals surface area contributed by atoms with Gasteiger partial charge in [0.2, 0.25) is 5.75 Å². The number of epoxide rings is 1. The minimum atomic E-state index is 0.270. The average molecular weight is 254 g/mol. The maximum absolute atomic E-state index is 5.54. The van der Waals surface area contributed by atoms with Crippen molar-refractivity contribution in [3.63, 3.8) is 0 Å². The Morgan fingerprint density at radius 2 is 1.72 bits per heavy atom. The molecule has 1 unspecified atom stereocenters. The lowest BCUT2D eigenvalue weighted by molar-refractivity contribution is 0.104. The molecule has 0 spiro atoms. The highest BCUT2D eigenvalue weighted by Crippen LogP contribution is 2.38. The molecule has 1 saturated heterocycles. The van der Waals surface area contributed by atoms with Gasteiger partial charge in [0.05, 0.1) is 41.2 Å². The van der Waals surface area contributed by atoms with Crippen LogP contribution in [0.2, 0.25) is 0 Å². The first-order valence-electron chi connectivity index (χ1n) is 5.76. The lowest BCUT2D eigenvalue weighted by Gasteiger charge is -2.14. The number of methoxy groups -OCH3 is 3. The topological polar surface area (TPSA) is 49.5 Å². The van der Waals surface area contributed by atoms with Crippen molar-refractivity contribution in [1.82, 2.24) is 0 Å². The molecule has 0 aliphatic carbocycles. The molecular formula is C13H18O5. The summed E-state index contributed by atoms with van der Waals surface area (Å²) in [6.45, 7) is 1.92. The summed E-state index contributed by atoms with van der Waals surface area (Å²) in [5.41, 5.74) is 0.977. The predicted molar refractivity (Wildman–Crippen MR) is 65.5 cm³/mol. The number of hydrogen-bond acceptors (Lipinski definition) is 5. The fraction of sp³-hybridized carbons (Fsp3) is 0.538. The van der Waals surface area contributed by atoms with Gasteiger partial charge in [0.1, 0.15) is 6.10 Å². The van der Waals surface area contributed by atoms with Gasteiger partial charge in [0, 0.05) is 0 Å². The van der Waals surface area contributed by atoms with Crippen LogP contribution >= 0.6 is 0 Å². The molecule has 0 aromatic heterocycles. The van der Waals surface area contributed by atoms with Crippen LogP contribution < -0.4 is 14.2 Å². The fourth-order valence-corrected chi connectivity index (χ4v) is 1.69. The quantitative estimate of drug-likeness (QED) is 0.692. The highest BCUT2D eigenvalue weighted by molar-refractivity contribution is 5.53. The van der Waals surface area contributed by atoms with Crippen molar-refractivity contribution in [2.24, 2.45) is 0 Å². The van der Waals surface area contributed by atoms with Crippen LogP contribution in [-0.4, -0.2) is 40.6 Å². The Balaban J connectivity index is 2.08. The van der Waals surface area contributed by atoms with Gasteiger partial charge < -0.3 is 23.7 Å². The summed E-state index contributed by atoms with van der Waals surface area (Å²) in [6.07, 6.45) is 0.270. The van der Waals surface area contributed by atoms with E-state index in [1.807, 2.05) is 12.1 Å². The molecule has 1 heterocycles. The second-order valence-corrected chi connectivity index (χ2v) is 4.00. The summed E-state index contributed by atoms with van der Waals surface area (Å²) in [6, 6.07) is 3.77. The van der Waals surface area contributed by atoms with Crippen molar-refractivity contribution in [2.45, 2.75) is 12.7 Å². The minimum Gasteiger partial charge on any atom is -0.493 e. The monoisotopic (exact) mass is 254 g/mol. The summed E-state index contributed by atoms with van der Waals surface area (Å²) in [4.78, 5) is 0. The van der Waals surface area contributed by atoms with Gasteiger partial charge in [0.25, 0.3) is 0 Å². The molecule has 1 fully saturated rings. The maximum Gasteiger partial charge on any atom is 0.203 e. The van der Waals surface area contributed by atoms with Crippen molar-refractivity contribution >= 4 is 0 Å². The zero-order valence-electron chi connectivity index (χ0n) is 10.9. The summed E-state index contributed by atoms with van der Waals surface area (Å²) in [5, 5.41) is 0. The molecule has 2 rings (SSSR count). The van der Waals surface area contributed by atoms with E-state index in [1.54, 1.807) is 21.3 Å². The largest absolute Gasteiger partial charge is 0.493 e. The van der Waals surface area contributed by atoms with Gasteiger partial charge in [0.15, 0.2) is 11.5 Å². The van der Waals surface area contributed by atoms with Crippen molar-refractivity contribution < 1.29 is 23.7 Å². The highest BCUT2D eigenvalue weighted by Gasteiger charge is 2.22. The lowest BCUT2D eigenvalue weighted by atomic mass is 10.2. The van der Waals surface area contributed by atoms with Crippen molar-refractivity contribution in [2.75, 3.05) is 34.5 Å². The Morgan fingerprint density at radius 1 is 1.11 bits per heavy atom. The maximum atomic E-state index is 5.54. The number of benzene rings is 1. The Bertz CT molecular complexity index is 375. The first-order valence-corrected chi connectivity index (χ1v) is 5.76. The van der Waals surface area contributed by atoms with Crippen molar-refractivity contribution in [1.29, 1.82) is 0 Å². The molecule has 1 aromatic rings. The average Bonchev–Trinajstić information content (AvgIpc) is 3.21. The van der Waals surface area contributed by atoms with E-state index < -0.39 is 0 Å². The molecule has 1 aliphatic heterocycles. The molecule has 5 heteroatoms. The molecule has 18 heavy (non-hydrogen) atoms. The van der Waals surface area contributed by atoms with E-state index in [4.69, 9.17) is 23.7 Å². The number of hydrogen-bond donors (Lipinski definition) is 0. The van der Waals surface area contributed by atoms with E-state index in [2.05, 4.69) is 0 Å². The second-order valence-electron chi connectivity index (χ2n) is 4.00. The molecule has 5 nitrogen and oxygen atoms in total. The van der Waals surface area contributed by atoms with Crippen LogP contribution in [0.5, 0.6) is 17.2 Å². The standard InChI is InChI=1S/C13H18O5/c1-14-11-4-9(6-17-7-10-8-18-10)5-12(15-2)13(11)16-3/h4-5,10H,6-8H2,1-3H3. The predicted octanol–water partition coefficient (Wildman–Crippen LogP) is 1.63. The summed E-state index contributed by atoms with van der Waals surface area (Å²) in [5.74, 6) is 1.87. The molecule has 1 atom stereocenters. The molecule has 0 radical (unpaired) electrons. The molecule has 100 valence electrons. The van der Waals surface area contributed by atoms with Gasteiger partial charge in [-0.15, -0.1) is 0 Å². The summed E-state index contributed by atoms with van der Waals surface area (Å²) in [7, 11) is 4.78. The first kappa shape index (κ1) is 13.0. The van der Waals surface area contributed by atoms with E-state index in [-0.39, 0.29) is 6.10 Å². The van der Waals surface area contributed by atoms with Crippen molar-refractivity contribution in [3.05, 3.63) is 17.7 Å². The van der Waals surface area contributed by atoms with E-state index in [0.717, 1.165) is 12.2 Å². The van der Waals surface area contributed by atoms with Gasteiger partial charge in [-0.3, -0.25) is 0 Å². The third-order valence-corrected chi connectivity index (χ3v) is 2.70. The molecular weight excluding hydrogens is 236 g/mol. The highest BCUT2D eigenvalue weighted by atomic mass is 16.6. The van der Waals surface area contributed by atoms with Crippen LogP contribution in [0.1, 0.15) is 5.56 Å². The Morgan fingerprint density at radius 3 is 2.17 bits per heavy atom. The van der Waals surface area contributed by atoms with E-state index in [0.29, 0.717) is 30.5 Å². The lowest BCUT2D eigenvalue weighted by Crippen LogP contribution is -2.02. The summed E-state index contributed by atoms with van der Waals surface area (Å²) < 4.78 is 26.4. The summed E-state index contributed by atoms with van der Waals surface area (Å²) >= 11 is 0. The van der Waals surface area contributed by atoms with Crippen molar-refractivity contribution in [3.8, 4) is 17.2 Å². The smallest absolute Gasteiger partial charge is 0.203 e. The van der Waals surface area contributed by atoms with E-state index in [9.17, 15) is 0 Å². The van der Waals surface area contributed by atoms with Gasteiger partial charge in [-0.2, -0.15) is 0 Å². The second kappa shape index (κ2) is 5.93. The van der Waals surface area contributed by atoms with Crippen LogP contribution in [0.15, 0.2) is 12.1 Å². The molecule has 0 N–H and O–H groups in total. The van der Waals surface area contributed by atoms with Crippen LogP contribution in [0.25, 0.3) is 0 Å². The zero-order chi connectivity index (χ0) is 13.0. The number of rotatable bonds is 7. The van der Waals surface area contributed by atoms with Gasteiger partial charge in [-0.25, -0.2) is 0 Å². The molecule has 0 amide bonds. The SMILES string of the molecule is COc1cc(COCC2CO2)cc(OC)c1OC. The van der Waals surface area contributed by atoms with Crippen LogP contribution in [0.3, 0.4) is 0 Å². The van der Waals surface area contributed by atoms with E-state index in [1.165, 1.54) is 0 Å². The molecule has 1 aliphatic rings. The molecule has 0 bridgehead atoms. The third kappa shape index (κ3) is 3.05. The van der Waals surface area contributed by atoms with Gasteiger partial charge >= 0.3 is 0 Å². The fourth-order valence-electron chi connectivity index (χ4n) is 1.69. The zero-order valence-corrected chi connectivity index (χ0v) is 10.9. The molecule has 1 aromatic carbocycles. The Hall–Kier alpha value is -1.46. The Kier molecular flexibility index (Phi) is 4.28. The van der Waals surface area contributed by atoms with Crippen LogP contribution in [-0.2, 0) is 16.1 Å². The first-order chi connectivity index (χ1) is 8.78. The third-order valence-electron chi connectivity index (χ3n) is 2.70. The van der Waals surface area contributed by atoms with Gasteiger partial charge in [-0.05, 0) is 17.7 Å².